The van der Waals surface area contributed by atoms with Crippen molar-refractivity contribution < 1.29 is 15.0 Å². The molecule has 0 saturated carbocycles. The number of rotatable bonds is 51. The molecule has 4 nitrogen and oxygen atoms in total. The molecular formula is C57H109NO3. The van der Waals surface area contributed by atoms with E-state index in [0.717, 1.165) is 32.1 Å². The molecule has 0 heterocycles. The van der Waals surface area contributed by atoms with E-state index in [-0.39, 0.29) is 12.5 Å². The van der Waals surface area contributed by atoms with Crippen molar-refractivity contribution in [3.8, 4) is 0 Å². The number of aliphatic hydroxyl groups is 2. The first-order chi connectivity index (χ1) is 30.2. The maximum absolute atomic E-state index is 12.5. The van der Waals surface area contributed by atoms with E-state index >= 15 is 0 Å². The zero-order valence-corrected chi connectivity index (χ0v) is 41.4. The van der Waals surface area contributed by atoms with Crippen molar-refractivity contribution in [2.45, 2.75) is 315 Å². The lowest BCUT2D eigenvalue weighted by molar-refractivity contribution is -0.123. The first-order valence-electron chi connectivity index (χ1n) is 27.7. The second kappa shape index (κ2) is 53.0. The number of aliphatic hydroxyl groups excluding tert-OH is 2. The van der Waals surface area contributed by atoms with Gasteiger partial charge in [0.05, 0.1) is 18.8 Å². The standard InChI is InChI=1S/C57H109NO3/c1-3-5-7-9-11-13-15-17-19-21-23-25-27-29-31-33-35-37-39-41-43-45-47-49-51-53-57(61)58-55(54-59)56(60)52-50-48-46-44-42-40-38-36-34-32-30-28-26-24-22-20-18-16-14-12-10-8-6-4-2/h21,23,42,44,50,52,55-56,59-60H,3-20,22,24-41,43,45-49,51,53-54H2,1-2H3,(H,58,61)/b23-21-,44-42+,52-50+. The molecule has 360 valence electrons. The summed E-state index contributed by atoms with van der Waals surface area (Å²) < 4.78 is 0. The summed E-state index contributed by atoms with van der Waals surface area (Å²) in [4.78, 5) is 12.5. The fourth-order valence-electron chi connectivity index (χ4n) is 8.60. The smallest absolute Gasteiger partial charge is 0.220 e. The number of allylic oxidation sites excluding steroid dienone is 5. The summed E-state index contributed by atoms with van der Waals surface area (Å²) in [6, 6.07) is -0.639. The Bertz CT molecular complexity index is 928. The lowest BCUT2D eigenvalue weighted by Crippen LogP contribution is -2.45. The van der Waals surface area contributed by atoms with Gasteiger partial charge in [0.15, 0.2) is 0 Å². The quantitative estimate of drug-likeness (QED) is 0.0422. The Morgan fingerprint density at radius 3 is 0.951 bits per heavy atom. The Morgan fingerprint density at radius 2 is 0.639 bits per heavy atom. The Balaban J connectivity index is 3.52. The van der Waals surface area contributed by atoms with Crippen LogP contribution in [0.3, 0.4) is 0 Å². The van der Waals surface area contributed by atoms with Gasteiger partial charge in [-0.2, -0.15) is 0 Å². The van der Waals surface area contributed by atoms with Gasteiger partial charge in [-0.15, -0.1) is 0 Å². The summed E-state index contributed by atoms with van der Waals surface area (Å²) in [5.74, 6) is -0.0698. The van der Waals surface area contributed by atoms with Crippen molar-refractivity contribution in [1.29, 1.82) is 0 Å². The van der Waals surface area contributed by atoms with Crippen molar-refractivity contribution >= 4 is 5.91 Å². The van der Waals surface area contributed by atoms with E-state index in [2.05, 4.69) is 43.5 Å². The van der Waals surface area contributed by atoms with Crippen LogP contribution < -0.4 is 5.32 Å². The minimum absolute atomic E-state index is 0.0698. The van der Waals surface area contributed by atoms with Crippen molar-refractivity contribution in [2.24, 2.45) is 0 Å². The maximum Gasteiger partial charge on any atom is 0.220 e. The molecule has 0 aromatic heterocycles. The lowest BCUT2D eigenvalue weighted by atomic mass is 10.0. The van der Waals surface area contributed by atoms with E-state index in [1.807, 2.05) is 6.08 Å². The van der Waals surface area contributed by atoms with Crippen molar-refractivity contribution in [2.75, 3.05) is 6.61 Å². The van der Waals surface area contributed by atoms with Crippen LogP contribution in [0.5, 0.6) is 0 Å². The van der Waals surface area contributed by atoms with Crippen LogP contribution in [0, 0.1) is 0 Å². The topological polar surface area (TPSA) is 69.6 Å². The average molecular weight is 857 g/mol. The number of nitrogens with one attached hydrogen (secondary N) is 1. The van der Waals surface area contributed by atoms with Crippen LogP contribution in [0.15, 0.2) is 36.5 Å². The molecule has 3 N–H and O–H groups in total. The molecule has 61 heavy (non-hydrogen) atoms. The third kappa shape index (κ3) is 49.5. The summed E-state index contributed by atoms with van der Waals surface area (Å²) in [5.41, 5.74) is 0. The van der Waals surface area contributed by atoms with Crippen molar-refractivity contribution in [3.63, 3.8) is 0 Å². The van der Waals surface area contributed by atoms with E-state index in [0.29, 0.717) is 6.42 Å². The summed E-state index contributed by atoms with van der Waals surface area (Å²) >= 11 is 0. The Morgan fingerprint density at radius 1 is 0.377 bits per heavy atom. The molecule has 2 unspecified atom stereocenters. The number of hydrogen-bond acceptors (Lipinski definition) is 3. The monoisotopic (exact) mass is 856 g/mol. The van der Waals surface area contributed by atoms with Gasteiger partial charge in [0.2, 0.25) is 5.91 Å². The molecule has 0 aromatic rings. The van der Waals surface area contributed by atoms with Crippen LogP contribution >= 0.6 is 0 Å². The predicted molar refractivity (Wildman–Crippen MR) is 272 cm³/mol. The van der Waals surface area contributed by atoms with Crippen LogP contribution in [0.1, 0.15) is 303 Å². The molecule has 0 fully saturated rings. The van der Waals surface area contributed by atoms with Gasteiger partial charge in [-0.3, -0.25) is 4.79 Å². The second-order valence-electron chi connectivity index (χ2n) is 19.0. The molecule has 0 aromatic carbocycles. The van der Waals surface area contributed by atoms with Crippen LogP contribution in [0.25, 0.3) is 0 Å². The van der Waals surface area contributed by atoms with E-state index in [9.17, 15) is 15.0 Å². The van der Waals surface area contributed by atoms with Gasteiger partial charge in [-0.1, -0.05) is 275 Å². The molecule has 2 atom stereocenters. The fourth-order valence-corrected chi connectivity index (χ4v) is 8.60. The first-order valence-corrected chi connectivity index (χ1v) is 27.7. The van der Waals surface area contributed by atoms with Crippen LogP contribution in [0.2, 0.25) is 0 Å². The van der Waals surface area contributed by atoms with Gasteiger partial charge in [-0.25, -0.2) is 0 Å². The molecular weight excluding hydrogens is 747 g/mol. The minimum Gasteiger partial charge on any atom is -0.394 e. The zero-order valence-electron chi connectivity index (χ0n) is 41.4. The molecule has 0 spiro atoms. The molecule has 0 aliphatic carbocycles. The summed E-state index contributed by atoms with van der Waals surface area (Å²) in [5, 5.41) is 23.1. The van der Waals surface area contributed by atoms with Gasteiger partial charge < -0.3 is 15.5 Å². The van der Waals surface area contributed by atoms with E-state index in [1.165, 1.54) is 250 Å². The fraction of sp³-hybridized carbons (Fsp3) is 0.877. The zero-order chi connectivity index (χ0) is 44.2. The van der Waals surface area contributed by atoms with Gasteiger partial charge in [-0.05, 0) is 57.8 Å². The highest BCUT2D eigenvalue weighted by Gasteiger charge is 2.18. The van der Waals surface area contributed by atoms with Crippen molar-refractivity contribution in [1.82, 2.24) is 5.32 Å². The highest BCUT2D eigenvalue weighted by atomic mass is 16.3. The lowest BCUT2D eigenvalue weighted by Gasteiger charge is -2.19. The number of carbonyl (C=O) groups is 1. The van der Waals surface area contributed by atoms with E-state index < -0.39 is 12.1 Å². The van der Waals surface area contributed by atoms with Crippen molar-refractivity contribution in [3.05, 3.63) is 36.5 Å². The summed E-state index contributed by atoms with van der Waals surface area (Å²) in [6.45, 7) is 4.33. The SMILES string of the molecule is CCCCCCCCCC/C=C\CCCCCCCCCCCCCCCC(=O)NC(CO)C(O)/C=C/CC/C=C/CCCCCCCCCCCCCCCCCCCC. The maximum atomic E-state index is 12.5. The highest BCUT2D eigenvalue weighted by molar-refractivity contribution is 5.76. The summed E-state index contributed by atoms with van der Waals surface area (Å²) in [7, 11) is 0. The first kappa shape index (κ1) is 59.6. The van der Waals surface area contributed by atoms with Gasteiger partial charge in [0, 0.05) is 6.42 Å². The second-order valence-corrected chi connectivity index (χ2v) is 19.0. The van der Waals surface area contributed by atoms with Gasteiger partial charge >= 0.3 is 0 Å². The van der Waals surface area contributed by atoms with E-state index in [4.69, 9.17) is 0 Å². The number of carbonyl (C=O) groups excluding carboxylic acids is 1. The summed E-state index contributed by atoms with van der Waals surface area (Å²) in [6.07, 6.45) is 71.6. The molecule has 4 heteroatoms. The molecule has 0 aliphatic rings. The van der Waals surface area contributed by atoms with Gasteiger partial charge in [0.1, 0.15) is 0 Å². The predicted octanol–water partition coefficient (Wildman–Crippen LogP) is 18.1. The van der Waals surface area contributed by atoms with Crippen LogP contribution in [-0.2, 0) is 4.79 Å². The third-order valence-corrected chi connectivity index (χ3v) is 12.8. The molecule has 0 saturated heterocycles. The normalized spacial score (nSPS) is 13.0. The van der Waals surface area contributed by atoms with E-state index in [1.54, 1.807) is 6.08 Å². The number of unbranched alkanes of at least 4 members (excludes halogenated alkanes) is 40. The van der Waals surface area contributed by atoms with Crippen LogP contribution in [-0.4, -0.2) is 34.9 Å². The number of amides is 1. The number of hydrogen-bond donors (Lipinski definition) is 3. The highest BCUT2D eigenvalue weighted by Crippen LogP contribution is 2.17. The molecule has 0 radical (unpaired) electrons. The largest absolute Gasteiger partial charge is 0.394 e. The third-order valence-electron chi connectivity index (χ3n) is 12.8. The minimum atomic E-state index is -0.862. The van der Waals surface area contributed by atoms with Gasteiger partial charge in [0.25, 0.3) is 0 Å². The molecule has 0 bridgehead atoms. The Hall–Kier alpha value is -1.39. The van der Waals surface area contributed by atoms with Crippen LogP contribution in [0.4, 0.5) is 0 Å². The molecule has 0 aliphatic heterocycles. The Kier molecular flexibility index (Phi) is 51.7. The molecule has 0 rings (SSSR count). The average Bonchev–Trinajstić information content (AvgIpc) is 3.26. The Labute approximate surface area is 382 Å². The molecule has 1 amide bonds.